The molecule has 0 bridgehead atoms. The molecular formula is C10H14N2O3. The van der Waals surface area contributed by atoms with Gasteiger partial charge in [0.05, 0.1) is 12.2 Å². The van der Waals surface area contributed by atoms with Crippen molar-refractivity contribution in [3.05, 3.63) is 24.6 Å². The lowest BCUT2D eigenvalue weighted by atomic mass is 10.2. The van der Waals surface area contributed by atoms with Crippen molar-refractivity contribution in [3.8, 4) is 0 Å². The fraction of sp³-hybridized carbons (Fsp3) is 0.500. The third-order valence-corrected chi connectivity index (χ3v) is 2.61. The van der Waals surface area contributed by atoms with Crippen molar-refractivity contribution in [1.29, 1.82) is 0 Å². The van der Waals surface area contributed by atoms with Gasteiger partial charge in [0.1, 0.15) is 6.23 Å². The normalized spacial score (nSPS) is 35.9. The molecule has 3 atom stereocenters. The molecule has 5 heteroatoms. The van der Waals surface area contributed by atoms with E-state index in [0.29, 0.717) is 12.1 Å². The van der Waals surface area contributed by atoms with E-state index in [2.05, 4.69) is 11.9 Å². The van der Waals surface area contributed by atoms with E-state index >= 15 is 0 Å². The van der Waals surface area contributed by atoms with Gasteiger partial charge < -0.3 is 15.2 Å². The van der Waals surface area contributed by atoms with Crippen LogP contribution >= 0.6 is 0 Å². The van der Waals surface area contributed by atoms with Gasteiger partial charge in [-0.2, -0.15) is 0 Å². The van der Waals surface area contributed by atoms with Crippen molar-refractivity contribution < 1.29 is 14.6 Å². The van der Waals surface area contributed by atoms with Gasteiger partial charge in [-0.15, -0.1) is 0 Å². The van der Waals surface area contributed by atoms with E-state index in [1.165, 1.54) is 4.90 Å². The summed E-state index contributed by atoms with van der Waals surface area (Å²) in [6.07, 6.45) is 2.62. The molecule has 2 aliphatic rings. The number of hydrogen-bond acceptors (Lipinski definition) is 3. The topological polar surface area (TPSA) is 61.8 Å². The Morgan fingerprint density at radius 3 is 3.00 bits per heavy atom. The summed E-state index contributed by atoms with van der Waals surface area (Å²) in [7, 11) is 0. The molecule has 0 aliphatic carbocycles. The Morgan fingerprint density at radius 2 is 2.47 bits per heavy atom. The van der Waals surface area contributed by atoms with Crippen molar-refractivity contribution in [2.45, 2.75) is 31.8 Å². The molecule has 5 nitrogen and oxygen atoms in total. The molecule has 0 unspecified atom stereocenters. The molecule has 2 rings (SSSR count). The highest BCUT2D eigenvalue weighted by Gasteiger charge is 2.36. The number of allylic oxidation sites excluding steroid dienone is 1. The number of amides is 2. The highest BCUT2D eigenvalue weighted by Crippen LogP contribution is 2.24. The van der Waals surface area contributed by atoms with E-state index < -0.39 is 6.10 Å². The fourth-order valence-electron chi connectivity index (χ4n) is 1.68. The average molecular weight is 210 g/mol. The molecule has 1 fully saturated rings. The van der Waals surface area contributed by atoms with Crippen molar-refractivity contribution in [1.82, 2.24) is 10.2 Å². The monoisotopic (exact) mass is 210 g/mol. The summed E-state index contributed by atoms with van der Waals surface area (Å²) in [6, 6.07) is -0.270. The molecule has 2 aliphatic heterocycles. The van der Waals surface area contributed by atoms with Gasteiger partial charge in [0.25, 0.3) is 0 Å². The molecule has 15 heavy (non-hydrogen) atoms. The summed E-state index contributed by atoms with van der Waals surface area (Å²) in [5.74, 6) is 0. The number of rotatable bonds is 1. The third-order valence-electron chi connectivity index (χ3n) is 2.61. The van der Waals surface area contributed by atoms with Gasteiger partial charge in [-0.1, -0.05) is 6.58 Å². The zero-order chi connectivity index (χ0) is 11.0. The van der Waals surface area contributed by atoms with Gasteiger partial charge in [0, 0.05) is 18.3 Å². The summed E-state index contributed by atoms with van der Waals surface area (Å²) in [5.41, 5.74) is 0.558. The first kappa shape index (κ1) is 10.2. The molecule has 82 valence electrons. The number of aliphatic hydroxyl groups excluding tert-OH is 1. The summed E-state index contributed by atoms with van der Waals surface area (Å²) in [5, 5.41) is 12.1. The SMILES string of the molecule is C=C1C=CN([C@H]2C[C@H](O)[C@@H](C)O2)C(=O)N1. The molecule has 1 saturated heterocycles. The van der Waals surface area contributed by atoms with Gasteiger partial charge in [0.2, 0.25) is 0 Å². The molecule has 0 spiro atoms. The van der Waals surface area contributed by atoms with Gasteiger partial charge >= 0.3 is 6.03 Å². The first-order valence-corrected chi connectivity index (χ1v) is 4.88. The lowest BCUT2D eigenvalue weighted by Crippen LogP contribution is -2.44. The zero-order valence-corrected chi connectivity index (χ0v) is 8.51. The van der Waals surface area contributed by atoms with E-state index in [1.54, 1.807) is 19.2 Å². The standard InChI is InChI=1S/C10H14N2O3/c1-6-3-4-12(10(14)11-6)9-5-8(13)7(2)15-9/h3-4,7-9,13H,1,5H2,2H3,(H,11,14)/t7-,8+,9-/m1/s1. The van der Waals surface area contributed by atoms with Crippen LogP contribution in [0.5, 0.6) is 0 Å². The number of aliphatic hydroxyl groups is 1. The average Bonchev–Trinajstić information content (AvgIpc) is 2.46. The van der Waals surface area contributed by atoms with E-state index in [4.69, 9.17) is 4.74 Å². The van der Waals surface area contributed by atoms with Crippen molar-refractivity contribution in [3.63, 3.8) is 0 Å². The second kappa shape index (κ2) is 3.67. The van der Waals surface area contributed by atoms with Gasteiger partial charge in [-0.3, -0.25) is 4.90 Å². The van der Waals surface area contributed by atoms with E-state index in [9.17, 15) is 9.90 Å². The largest absolute Gasteiger partial charge is 0.390 e. The third kappa shape index (κ3) is 1.88. The number of urea groups is 1. The van der Waals surface area contributed by atoms with Crippen LogP contribution in [0.3, 0.4) is 0 Å². The number of nitrogens with zero attached hydrogens (tertiary/aromatic N) is 1. The minimum absolute atomic E-state index is 0.235. The van der Waals surface area contributed by atoms with E-state index in [0.717, 1.165) is 0 Å². The summed E-state index contributed by atoms with van der Waals surface area (Å²) < 4.78 is 5.45. The van der Waals surface area contributed by atoms with Gasteiger partial charge in [0.15, 0.2) is 0 Å². The predicted molar refractivity (Wildman–Crippen MR) is 53.6 cm³/mol. The van der Waals surface area contributed by atoms with Gasteiger partial charge in [-0.05, 0) is 13.0 Å². The van der Waals surface area contributed by atoms with Crippen LogP contribution in [-0.4, -0.2) is 34.5 Å². The lowest BCUT2D eigenvalue weighted by Gasteiger charge is -2.28. The molecule has 0 saturated carbocycles. The Balaban J connectivity index is 2.09. The van der Waals surface area contributed by atoms with Crippen LogP contribution in [0.25, 0.3) is 0 Å². The van der Waals surface area contributed by atoms with Crippen LogP contribution in [0.4, 0.5) is 4.79 Å². The molecule has 2 N–H and O–H groups in total. The highest BCUT2D eigenvalue weighted by molar-refractivity contribution is 5.79. The molecule has 0 aromatic rings. The van der Waals surface area contributed by atoms with E-state index in [-0.39, 0.29) is 18.4 Å². The maximum atomic E-state index is 11.5. The smallest absolute Gasteiger partial charge is 0.327 e. The zero-order valence-electron chi connectivity index (χ0n) is 8.51. The Bertz CT molecular complexity index is 317. The summed E-state index contributed by atoms with van der Waals surface area (Å²) in [6.45, 7) is 5.41. The predicted octanol–water partition coefficient (Wildman–Crippen LogP) is 0.535. The molecule has 0 aromatic carbocycles. The number of hydrogen-bond donors (Lipinski definition) is 2. The van der Waals surface area contributed by atoms with Crippen LogP contribution in [0.2, 0.25) is 0 Å². The first-order valence-electron chi connectivity index (χ1n) is 4.88. The molecule has 2 amide bonds. The van der Waals surface area contributed by atoms with Crippen molar-refractivity contribution in [2.24, 2.45) is 0 Å². The minimum Gasteiger partial charge on any atom is -0.390 e. The minimum atomic E-state index is -0.513. The Morgan fingerprint density at radius 1 is 1.73 bits per heavy atom. The van der Waals surface area contributed by atoms with Crippen LogP contribution in [0, 0.1) is 0 Å². The summed E-state index contributed by atoms with van der Waals surface area (Å²) >= 11 is 0. The molecule has 0 radical (unpaired) electrons. The second-order valence-electron chi connectivity index (χ2n) is 3.78. The summed E-state index contributed by atoms with van der Waals surface area (Å²) in [4.78, 5) is 13.0. The molecule has 2 heterocycles. The second-order valence-corrected chi connectivity index (χ2v) is 3.78. The first-order chi connectivity index (χ1) is 7.08. The van der Waals surface area contributed by atoms with Crippen molar-refractivity contribution >= 4 is 6.03 Å². The Kier molecular flexibility index (Phi) is 2.50. The van der Waals surface area contributed by atoms with Crippen molar-refractivity contribution in [2.75, 3.05) is 0 Å². The lowest BCUT2D eigenvalue weighted by molar-refractivity contribution is -0.0225. The van der Waals surface area contributed by atoms with E-state index in [1.807, 2.05) is 0 Å². The fourth-order valence-corrected chi connectivity index (χ4v) is 1.68. The van der Waals surface area contributed by atoms with Crippen LogP contribution in [0.1, 0.15) is 13.3 Å². The number of nitrogens with one attached hydrogen (secondary N) is 1. The van der Waals surface area contributed by atoms with Gasteiger partial charge in [-0.25, -0.2) is 4.79 Å². The Hall–Kier alpha value is -1.33. The van der Waals surface area contributed by atoms with Crippen LogP contribution in [0.15, 0.2) is 24.6 Å². The number of carbonyl (C=O) groups excluding carboxylic acids is 1. The molecule has 0 aromatic heterocycles. The quantitative estimate of drug-likeness (QED) is 0.663. The number of carbonyl (C=O) groups is 1. The van der Waals surface area contributed by atoms with Crippen LogP contribution < -0.4 is 5.32 Å². The Labute approximate surface area is 88.0 Å². The number of ether oxygens (including phenoxy) is 1. The van der Waals surface area contributed by atoms with Crippen LogP contribution in [-0.2, 0) is 4.74 Å². The highest BCUT2D eigenvalue weighted by atomic mass is 16.5. The maximum absolute atomic E-state index is 11.5. The maximum Gasteiger partial charge on any atom is 0.327 e. The molecular weight excluding hydrogens is 196 g/mol.